The summed E-state index contributed by atoms with van der Waals surface area (Å²) >= 11 is 1.70. The molecular formula is C20H19N5OS. The van der Waals surface area contributed by atoms with Gasteiger partial charge >= 0.3 is 0 Å². The van der Waals surface area contributed by atoms with Crippen molar-refractivity contribution in [1.82, 2.24) is 25.3 Å². The van der Waals surface area contributed by atoms with Gasteiger partial charge in [-0.1, -0.05) is 36.3 Å². The largest absolute Gasteiger partial charge is 0.332 e. The molecule has 0 aliphatic heterocycles. The molecule has 0 spiro atoms. The maximum Gasteiger partial charge on any atom is 0.279 e. The Kier molecular flexibility index (Phi) is 4.09. The number of aromatic amines is 1. The lowest BCUT2D eigenvalue weighted by atomic mass is 9.96. The normalized spacial score (nSPS) is 13.7. The zero-order valence-corrected chi connectivity index (χ0v) is 15.8. The monoisotopic (exact) mass is 377 g/mol. The molecule has 0 fully saturated rings. The van der Waals surface area contributed by atoms with E-state index in [0.29, 0.717) is 11.7 Å². The van der Waals surface area contributed by atoms with E-state index in [9.17, 15) is 0 Å². The van der Waals surface area contributed by atoms with Crippen LogP contribution in [0.4, 0.5) is 0 Å². The number of H-pyrrole nitrogens is 1. The van der Waals surface area contributed by atoms with Gasteiger partial charge in [-0.3, -0.25) is 5.10 Å². The van der Waals surface area contributed by atoms with Gasteiger partial charge in [0.2, 0.25) is 5.82 Å². The fraction of sp³-hybridized carbons (Fsp3) is 0.300. The molecule has 0 amide bonds. The van der Waals surface area contributed by atoms with Gasteiger partial charge < -0.3 is 4.52 Å². The lowest BCUT2D eigenvalue weighted by Crippen LogP contribution is -2.01. The van der Waals surface area contributed by atoms with Crippen LogP contribution in [0.2, 0.25) is 0 Å². The molecule has 4 aromatic rings. The average Bonchev–Trinajstić information content (AvgIpc) is 3.46. The summed E-state index contributed by atoms with van der Waals surface area (Å²) in [6.07, 6.45) is 5.40. The minimum Gasteiger partial charge on any atom is -0.332 e. The first-order chi connectivity index (χ1) is 13.3. The van der Waals surface area contributed by atoms with E-state index >= 15 is 0 Å². The van der Waals surface area contributed by atoms with E-state index in [2.05, 4.69) is 49.8 Å². The topological polar surface area (TPSA) is 80.5 Å². The summed E-state index contributed by atoms with van der Waals surface area (Å²) in [6, 6.07) is 8.12. The van der Waals surface area contributed by atoms with E-state index in [1.54, 1.807) is 11.3 Å². The van der Waals surface area contributed by atoms with Crippen LogP contribution in [0.15, 0.2) is 34.2 Å². The van der Waals surface area contributed by atoms with Crippen LogP contribution in [0.1, 0.15) is 36.0 Å². The highest BCUT2D eigenvalue weighted by molar-refractivity contribution is 7.09. The molecule has 5 rings (SSSR count). The third kappa shape index (κ3) is 2.98. The van der Waals surface area contributed by atoms with Crippen molar-refractivity contribution < 1.29 is 4.52 Å². The van der Waals surface area contributed by atoms with E-state index in [1.165, 1.54) is 24.1 Å². The molecule has 0 unspecified atom stereocenters. The number of thiazole rings is 1. The Morgan fingerprint density at radius 3 is 2.70 bits per heavy atom. The molecule has 3 heterocycles. The zero-order valence-electron chi connectivity index (χ0n) is 15.0. The molecule has 3 aromatic heterocycles. The second kappa shape index (κ2) is 6.74. The fourth-order valence-corrected chi connectivity index (χ4v) is 4.24. The van der Waals surface area contributed by atoms with Crippen molar-refractivity contribution in [3.8, 4) is 34.2 Å². The van der Waals surface area contributed by atoms with Gasteiger partial charge in [-0.05, 0) is 32.1 Å². The molecule has 0 saturated carbocycles. The summed E-state index contributed by atoms with van der Waals surface area (Å²) in [4.78, 5) is 9.21. The first kappa shape index (κ1) is 16.4. The molecule has 136 valence electrons. The van der Waals surface area contributed by atoms with Crippen LogP contribution in [0.3, 0.4) is 0 Å². The molecule has 0 atom stereocenters. The Hall–Kier alpha value is -2.80. The molecule has 0 saturated heterocycles. The van der Waals surface area contributed by atoms with Crippen LogP contribution < -0.4 is 0 Å². The predicted octanol–water partition coefficient (Wildman–Crippen LogP) is 4.69. The maximum atomic E-state index is 5.51. The van der Waals surface area contributed by atoms with Gasteiger partial charge in [-0.15, -0.1) is 11.3 Å². The Morgan fingerprint density at radius 2 is 1.89 bits per heavy atom. The molecule has 1 N–H and O–H groups in total. The van der Waals surface area contributed by atoms with Crippen LogP contribution in [0, 0.1) is 0 Å². The average molecular weight is 377 g/mol. The quantitative estimate of drug-likeness (QED) is 0.558. The highest BCUT2D eigenvalue weighted by Gasteiger charge is 2.22. The van der Waals surface area contributed by atoms with Gasteiger partial charge in [0.05, 0.1) is 10.7 Å². The molecule has 0 bridgehead atoms. The standard InChI is InChI=1S/C20H19N5OS/c1-2-17-21-16(11-27-17)12-7-9-13(10-8-12)19-22-20(26-25-19)18-14-5-3-4-6-15(14)23-24-18/h7-11H,2-6H2,1H3,(H,23,24). The Labute approximate surface area is 160 Å². The van der Waals surface area contributed by atoms with E-state index < -0.39 is 0 Å². The number of nitrogens with zero attached hydrogens (tertiary/aromatic N) is 4. The number of rotatable bonds is 4. The van der Waals surface area contributed by atoms with Crippen molar-refractivity contribution in [3.63, 3.8) is 0 Å². The number of fused-ring (bicyclic) bond motifs is 1. The molecule has 1 aliphatic carbocycles. The van der Waals surface area contributed by atoms with Crippen molar-refractivity contribution >= 4 is 11.3 Å². The third-order valence-electron chi connectivity index (χ3n) is 4.98. The van der Waals surface area contributed by atoms with E-state index in [-0.39, 0.29) is 0 Å². The predicted molar refractivity (Wildman–Crippen MR) is 104 cm³/mol. The summed E-state index contributed by atoms with van der Waals surface area (Å²) in [7, 11) is 0. The lowest BCUT2D eigenvalue weighted by Gasteiger charge is -2.09. The van der Waals surface area contributed by atoms with E-state index in [1.807, 2.05) is 12.1 Å². The van der Waals surface area contributed by atoms with Gasteiger partial charge in [-0.2, -0.15) is 10.1 Å². The fourth-order valence-electron chi connectivity index (χ4n) is 3.49. The van der Waals surface area contributed by atoms with Gasteiger partial charge in [-0.25, -0.2) is 4.98 Å². The zero-order chi connectivity index (χ0) is 18.2. The molecular weight excluding hydrogens is 358 g/mol. The van der Waals surface area contributed by atoms with Crippen LogP contribution in [0.25, 0.3) is 34.2 Å². The first-order valence-corrected chi connectivity index (χ1v) is 10.1. The summed E-state index contributed by atoms with van der Waals surface area (Å²) < 4.78 is 5.51. The van der Waals surface area contributed by atoms with Crippen LogP contribution in [-0.4, -0.2) is 25.3 Å². The molecule has 0 radical (unpaired) electrons. The Bertz CT molecular complexity index is 1080. The van der Waals surface area contributed by atoms with Crippen molar-refractivity contribution in [3.05, 3.63) is 45.9 Å². The van der Waals surface area contributed by atoms with Crippen LogP contribution in [0.5, 0.6) is 0 Å². The van der Waals surface area contributed by atoms with E-state index in [4.69, 9.17) is 4.52 Å². The number of hydrogen-bond donors (Lipinski definition) is 1. The van der Waals surface area contributed by atoms with Gasteiger partial charge in [0.15, 0.2) is 5.69 Å². The maximum absolute atomic E-state index is 5.51. The van der Waals surface area contributed by atoms with Gasteiger partial charge in [0.1, 0.15) is 0 Å². The number of benzene rings is 1. The number of nitrogens with one attached hydrogen (secondary N) is 1. The molecule has 27 heavy (non-hydrogen) atoms. The lowest BCUT2D eigenvalue weighted by molar-refractivity contribution is 0.430. The number of hydrogen-bond acceptors (Lipinski definition) is 6. The van der Waals surface area contributed by atoms with Crippen molar-refractivity contribution in [2.24, 2.45) is 0 Å². The second-order valence-corrected chi connectivity index (χ2v) is 7.66. The van der Waals surface area contributed by atoms with Crippen molar-refractivity contribution in [1.29, 1.82) is 0 Å². The number of aryl methyl sites for hydroxylation is 2. The smallest absolute Gasteiger partial charge is 0.279 e. The first-order valence-electron chi connectivity index (χ1n) is 9.27. The van der Waals surface area contributed by atoms with Crippen molar-refractivity contribution in [2.45, 2.75) is 39.0 Å². The summed E-state index contributed by atoms with van der Waals surface area (Å²) in [5, 5.41) is 14.9. The Morgan fingerprint density at radius 1 is 1.07 bits per heavy atom. The highest BCUT2D eigenvalue weighted by atomic mass is 32.1. The summed E-state index contributed by atoms with van der Waals surface area (Å²) in [5.74, 6) is 1.07. The highest BCUT2D eigenvalue weighted by Crippen LogP contribution is 2.30. The van der Waals surface area contributed by atoms with Crippen LogP contribution in [-0.2, 0) is 19.3 Å². The second-order valence-electron chi connectivity index (χ2n) is 6.72. The minimum absolute atomic E-state index is 0.487. The summed E-state index contributed by atoms with van der Waals surface area (Å²) in [6.45, 7) is 2.12. The van der Waals surface area contributed by atoms with E-state index in [0.717, 1.165) is 46.8 Å². The third-order valence-corrected chi connectivity index (χ3v) is 5.97. The molecule has 1 aliphatic rings. The molecule has 6 nitrogen and oxygen atoms in total. The van der Waals surface area contributed by atoms with Crippen LogP contribution >= 0.6 is 11.3 Å². The molecule has 7 heteroatoms. The van der Waals surface area contributed by atoms with Gasteiger partial charge in [0.25, 0.3) is 5.89 Å². The van der Waals surface area contributed by atoms with Gasteiger partial charge in [0, 0.05) is 27.8 Å². The van der Waals surface area contributed by atoms with Crippen molar-refractivity contribution in [2.75, 3.05) is 0 Å². The Balaban J connectivity index is 1.42. The minimum atomic E-state index is 0.487. The molecule has 1 aromatic carbocycles. The summed E-state index contributed by atoms with van der Waals surface area (Å²) in [5.41, 5.74) is 6.26. The SMILES string of the molecule is CCc1nc(-c2ccc(-c3noc(-c4n[nH]c5c4CCCC5)n3)cc2)cs1. The number of aromatic nitrogens is 5.